The number of fused-ring (bicyclic) bond motifs is 2. The molecule has 1 heterocycles. The Hall–Kier alpha value is -2.74. The maximum atomic E-state index is 11.1. The molecule has 29 heavy (non-hydrogen) atoms. The van der Waals surface area contributed by atoms with Gasteiger partial charge in [0.15, 0.2) is 0 Å². The second kappa shape index (κ2) is 6.66. The number of benzene rings is 3. The van der Waals surface area contributed by atoms with E-state index in [0.29, 0.717) is 5.75 Å². The Labute approximate surface area is 174 Å². The number of para-hydroxylation sites is 2. The summed E-state index contributed by atoms with van der Waals surface area (Å²) in [6.45, 7) is 12.9. The molecule has 1 N–H and O–H groups in total. The maximum Gasteiger partial charge on any atom is 0.131 e. The van der Waals surface area contributed by atoms with Crippen LogP contribution in [0.5, 0.6) is 17.2 Å². The zero-order chi connectivity index (χ0) is 21.0. The van der Waals surface area contributed by atoms with Crippen molar-refractivity contribution in [3.8, 4) is 17.2 Å². The fourth-order valence-corrected chi connectivity index (χ4v) is 4.24. The molecule has 0 radical (unpaired) electrons. The summed E-state index contributed by atoms with van der Waals surface area (Å²) in [5.74, 6) is 2.29. The Bertz CT molecular complexity index is 984. The van der Waals surface area contributed by atoms with Crippen LogP contribution >= 0.6 is 0 Å². The van der Waals surface area contributed by atoms with Gasteiger partial charge >= 0.3 is 0 Å². The quantitative estimate of drug-likeness (QED) is 0.373. The summed E-state index contributed by atoms with van der Waals surface area (Å²) < 4.78 is 6.20. The first-order valence-electron chi connectivity index (χ1n) is 10.3. The van der Waals surface area contributed by atoms with E-state index in [4.69, 9.17) is 4.74 Å². The minimum absolute atomic E-state index is 0.0685. The zero-order valence-electron chi connectivity index (χ0n) is 18.2. The normalized spacial score (nSPS) is 14.1. The van der Waals surface area contributed by atoms with Gasteiger partial charge in [-0.15, -0.1) is 0 Å². The van der Waals surface area contributed by atoms with Crippen molar-refractivity contribution < 1.29 is 9.84 Å². The molecule has 0 saturated carbocycles. The molecule has 0 aliphatic carbocycles. The van der Waals surface area contributed by atoms with E-state index in [2.05, 4.69) is 77.9 Å². The molecule has 3 aromatic rings. The first-order valence-corrected chi connectivity index (χ1v) is 10.3. The van der Waals surface area contributed by atoms with Gasteiger partial charge in [0, 0.05) is 17.0 Å². The molecule has 0 amide bonds. The number of hydrogen-bond donors (Lipinski definition) is 1. The topological polar surface area (TPSA) is 29.5 Å². The monoisotopic (exact) mass is 386 g/mol. The van der Waals surface area contributed by atoms with E-state index >= 15 is 0 Å². The van der Waals surface area contributed by atoms with Gasteiger partial charge in [0.25, 0.3) is 0 Å². The van der Waals surface area contributed by atoms with Crippen LogP contribution in [0.2, 0.25) is 0 Å². The van der Waals surface area contributed by atoms with Crippen LogP contribution in [-0.4, -0.2) is 5.11 Å². The summed E-state index contributed by atoms with van der Waals surface area (Å²) >= 11 is 0. The first kappa shape index (κ1) is 19.6. The number of aromatic hydroxyl groups is 1. The van der Waals surface area contributed by atoms with Crippen LogP contribution in [0.25, 0.3) is 0 Å². The molecule has 1 aliphatic heterocycles. The fraction of sp³-hybridized carbons (Fsp3) is 0.333. The van der Waals surface area contributed by atoms with Gasteiger partial charge in [-0.25, -0.2) is 0 Å². The molecule has 2 nitrogen and oxygen atoms in total. The van der Waals surface area contributed by atoms with Crippen molar-refractivity contribution in [2.75, 3.05) is 0 Å². The molecule has 0 fully saturated rings. The van der Waals surface area contributed by atoms with Crippen LogP contribution in [0.1, 0.15) is 75.3 Å². The van der Waals surface area contributed by atoms with Crippen LogP contribution < -0.4 is 4.74 Å². The second-order valence-electron chi connectivity index (χ2n) is 10.1. The molecule has 150 valence electrons. The molecule has 0 unspecified atom stereocenters. The molecule has 0 spiro atoms. The van der Waals surface area contributed by atoms with E-state index in [0.717, 1.165) is 33.8 Å². The van der Waals surface area contributed by atoms with Gasteiger partial charge in [-0.2, -0.15) is 0 Å². The Morgan fingerprint density at radius 2 is 1.10 bits per heavy atom. The van der Waals surface area contributed by atoms with E-state index in [1.807, 2.05) is 24.3 Å². The standard InChI is InChI=1S/C27H30O2/c1-26(2,3)20-15-17(16-21(25(20)28)27(4,5)6)24-18-11-7-9-13-22(18)29-23-14-10-8-12-19(23)24/h7-16,24,28H,1-6H3. The number of ether oxygens (including phenoxy) is 1. The van der Waals surface area contributed by atoms with E-state index in [-0.39, 0.29) is 16.7 Å². The van der Waals surface area contributed by atoms with Crippen LogP contribution in [0.3, 0.4) is 0 Å². The van der Waals surface area contributed by atoms with Gasteiger partial charge in [0.1, 0.15) is 17.2 Å². The van der Waals surface area contributed by atoms with Gasteiger partial charge in [-0.1, -0.05) is 90.1 Å². The lowest BCUT2D eigenvalue weighted by Gasteiger charge is -2.32. The lowest BCUT2D eigenvalue weighted by atomic mass is 9.74. The first-order chi connectivity index (χ1) is 13.6. The number of phenolic OH excluding ortho intramolecular Hbond substituents is 1. The molecule has 4 rings (SSSR count). The lowest BCUT2D eigenvalue weighted by Crippen LogP contribution is -2.19. The second-order valence-corrected chi connectivity index (χ2v) is 10.1. The average Bonchev–Trinajstić information content (AvgIpc) is 2.64. The predicted molar refractivity (Wildman–Crippen MR) is 119 cm³/mol. The summed E-state index contributed by atoms with van der Waals surface area (Å²) in [6.07, 6.45) is 0. The molecule has 0 bridgehead atoms. The minimum atomic E-state index is -0.162. The van der Waals surface area contributed by atoms with Crippen molar-refractivity contribution in [1.29, 1.82) is 0 Å². The van der Waals surface area contributed by atoms with E-state index in [1.165, 1.54) is 5.56 Å². The van der Waals surface area contributed by atoms with Crippen molar-refractivity contribution in [3.63, 3.8) is 0 Å². The maximum absolute atomic E-state index is 11.1. The highest BCUT2D eigenvalue weighted by Crippen LogP contribution is 2.49. The Morgan fingerprint density at radius 1 is 0.690 bits per heavy atom. The summed E-state index contributed by atoms with van der Waals surface area (Å²) in [5, 5.41) is 11.1. The predicted octanol–water partition coefficient (Wildman–Crippen LogP) is 7.27. The lowest BCUT2D eigenvalue weighted by molar-refractivity contribution is 0.422. The van der Waals surface area contributed by atoms with Gasteiger partial charge in [-0.3, -0.25) is 0 Å². The van der Waals surface area contributed by atoms with Gasteiger partial charge in [0.2, 0.25) is 0 Å². The smallest absolute Gasteiger partial charge is 0.131 e. The van der Waals surface area contributed by atoms with Crippen LogP contribution in [-0.2, 0) is 10.8 Å². The van der Waals surface area contributed by atoms with Crippen LogP contribution in [0.15, 0.2) is 60.7 Å². The summed E-state index contributed by atoms with van der Waals surface area (Å²) in [4.78, 5) is 0. The minimum Gasteiger partial charge on any atom is -0.507 e. The molecular weight excluding hydrogens is 356 g/mol. The van der Waals surface area contributed by atoms with E-state index < -0.39 is 0 Å². The molecule has 3 aromatic carbocycles. The molecule has 0 aromatic heterocycles. The Morgan fingerprint density at radius 3 is 1.52 bits per heavy atom. The summed E-state index contributed by atoms with van der Waals surface area (Å²) in [6, 6.07) is 20.9. The Kier molecular flexibility index (Phi) is 4.49. The van der Waals surface area contributed by atoms with Crippen LogP contribution in [0.4, 0.5) is 0 Å². The SMILES string of the molecule is CC(C)(C)c1cc(C2c3ccccc3Oc3ccccc32)cc(C(C)(C)C)c1O. The van der Waals surface area contributed by atoms with Crippen molar-refractivity contribution >= 4 is 0 Å². The molecule has 0 atom stereocenters. The summed E-state index contributed by atoms with van der Waals surface area (Å²) in [5.41, 5.74) is 5.17. The molecule has 0 saturated heterocycles. The molecular formula is C27H30O2. The number of rotatable bonds is 1. The zero-order valence-corrected chi connectivity index (χ0v) is 18.2. The molecule has 1 aliphatic rings. The third-order valence-corrected chi connectivity index (χ3v) is 5.76. The average molecular weight is 387 g/mol. The highest BCUT2D eigenvalue weighted by atomic mass is 16.5. The van der Waals surface area contributed by atoms with Crippen molar-refractivity contribution in [2.45, 2.75) is 58.3 Å². The highest BCUT2D eigenvalue weighted by Gasteiger charge is 2.32. The number of phenols is 1. The summed E-state index contributed by atoms with van der Waals surface area (Å²) in [7, 11) is 0. The highest BCUT2D eigenvalue weighted by molar-refractivity contribution is 5.61. The van der Waals surface area contributed by atoms with Crippen molar-refractivity contribution in [3.05, 3.63) is 88.5 Å². The fourth-order valence-electron chi connectivity index (χ4n) is 4.24. The third kappa shape index (κ3) is 3.42. The van der Waals surface area contributed by atoms with Crippen LogP contribution in [0, 0.1) is 0 Å². The van der Waals surface area contributed by atoms with Crippen molar-refractivity contribution in [2.24, 2.45) is 0 Å². The van der Waals surface area contributed by atoms with E-state index in [9.17, 15) is 5.11 Å². The third-order valence-electron chi connectivity index (χ3n) is 5.76. The Balaban J connectivity index is 2.03. The van der Waals surface area contributed by atoms with Gasteiger partial charge < -0.3 is 9.84 Å². The molecule has 2 heteroatoms. The van der Waals surface area contributed by atoms with E-state index in [1.54, 1.807) is 0 Å². The van der Waals surface area contributed by atoms with Gasteiger partial charge in [-0.05, 0) is 39.7 Å². The largest absolute Gasteiger partial charge is 0.507 e. The van der Waals surface area contributed by atoms with Gasteiger partial charge in [0.05, 0.1) is 0 Å². The number of hydrogen-bond acceptors (Lipinski definition) is 2. The van der Waals surface area contributed by atoms with Crippen molar-refractivity contribution in [1.82, 2.24) is 0 Å².